The van der Waals surface area contributed by atoms with E-state index in [1.165, 1.54) is 6.07 Å². The van der Waals surface area contributed by atoms with Crippen LogP contribution in [0.3, 0.4) is 0 Å². The van der Waals surface area contributed by atoms with Gasteiger partial charge in [0.15, 0.2) is 0 Å². The SMILES string of the molecule is C=CC1CCC(c2ccc(-c3ccc(C(F)(F)OC4CCC(C(F)(F)OC(F)(F)F)CC4)c(F)c3)cc2)OC1. The molecule has 0 N–H and O–H groups in total. The van der Waals surface area contributed by atoms with Gasteiger partial charge in [0.2, 0.25) is 0 Å². The number of ether oxygens (including phenoxy) is 3. The fourth-order valence-corrected chi connectivity index (χ4v) is 5.07. The maximum atomic E-state index is 14.8. The van der Waals surface area contributed by atoms with Crippen LogP contribution in [0.15, 0.2) is 55.1 Å². The minimum atomic E-state index is -5.53. The third-order valence-electron chi connectivity index (χ3n) is 7.26. The Morgan fingerprint density at radius 3 is 2.00 bits per heavy atom. The molecular formula is C28H28F8O3. The lowest BCUT2D eigenvalue weighted by Gasteiger charge is -2.34. The molecule has 0 spiro atoms. The molecule has 3 nitrogen and oxygen atoms in total. The van der Waals surface area contributed by atoms with E-state index in [-0.39, 0.29) is 18.9 Å². The van der Waals surface area contributed by atoms with E-state index in [1.807, 2.05) is 18.2 Å². The van der Waals surface area contributed by atoms with Crippen LogP contribution in [0, 0.1) is 17.7 Å². The van der Waals surface area contributed by atoms with Gasteiger partial charge < -0.3 is 9.47 Å². The van der Waals surface area contributed by atoms with Gasteiger partial charge in [-0.25, -0.2) is 9.13 Å². The van der Waals surface area contributed by atoms with E-state index in [1.54, 1.807) is 12.1 Å². The molecular weight excluding hydrogens is 536 g/mol. The lowest BCUT2D eigenvalue weighted by molar-refractivity contribution is -0.439. The molecule has 2 aromatic carbocycles. The van der Waals surface area contributed by atoms with Crippen LogP contribution in [0.2, 0.25) is 0 Å². The number of alkyl halides is 7. The zero-order valence-corrected chi connectivity index (χ0v) is 20.8. The molecule has 0 radical (unpaired) electrons. The van der Waals surface area contributed by atoms with E-state index in [4.69, 9.17) is 9.47 Å². The molecule has 0 amide bonds. The van der Waals surface area contributed by atoms with E-state index in [0.717, 1.165) is 30.5 Å². The first-order valence-corrected chi connectivity index (χ1v) is 12.6. The predicted molar refractivity (Wildman–Crippen MR) is 126 cm³/mol. The van der Waals surface area contributed by atoms with Gasteiger partial charge in [-0.2, -0.15) is 17.6 Å². The van der Waals surface area contributed by atoms with Crippen LogP contribution in [-0.2, 0) is 20.3 Å². The van der Waals surface area contributed by atoms with Crippen molar-refractivity contribution in [3.8, 4) is 11.1 Å². The van der Waals surface area contributed by atoms with Crippen LogP contribution in [0.4, 0.5) is 35.1 Å². The van der Waals surface area contributed by atoms with Gasteiger partial charge >= 0.3 is 18.6 Å². The molecule has 4 rings (SSSR count). The first kappa shape index (κ1) is 29.5. The standard InChI is InChI=1S/C28H28F8O3/c1-2-17-3-14-25(37-16-17)19-6-4-18(5-7-19)20-8-13-23(24(29)15-20)27(32,33)38-22-11-9-21(10-12-22)26(30,31)39-28(34,35)36/h2,4-8,13,15,17,21-22,25H,1,3,9-12,14,16H2. The Morgan fingerprint density at radius 1 is 0.821 bits per heavy atom. The monoisotopic (exact) mass is 564 g/mol. The normalized spacial score (nSPS) is 24.9. The summed E-state index contributed by atoms with van der Waals surface area (Å²) in [4.78, 5) is 0. The molecule has 0 bridgehead atoms. The van der Waals surface area contributed by atoms with Gasteiger partial charge in [-0.3, -0.25) is 0 Å². The van der Waals surface area contributed by atoms with Crippen molar-refractivity contribution in [1.82, 2.24) is 0 Å². The van der Waals surface area contributed by atoms with Crippen molar-refractivity contribution in [2.75, 3.05) is 6.61 Å². The molecule has 11 heteroatoms. The van der Waals surface area contributed by atoms with E-state index in [2.05, 4.69) is 11.3 Å². The zero-order valence-electron chi connectivity index (χ0n) is 20.8. The summed E-state index contributed by atoms with van der Waals surface area (Å²) in [7, 11) is 0. The molecule has 1 saturated heterocycles. The Hall–Kier alpha value is -2.50. The Labute approximate surface area is 220 Å². The molecule has 214 valence electrons. The molecule has 1 aliphatic heterocycles. The first-order chi connectivity index (χ1) is 18.3. The lowest BCUT2D eigenvalue weighted by Crippen LogP contribution is -2.40. The maximum absolute atomic E-state index is 14.8. The minimum Gasteiger partial charge on any atom is -0.373 e. The quantitative estimate of drug-likeness (QED) is 0.237. The highest BCUT2D eigenvalue weighted by molar-refractivity contribution is 5.64. The number of rotatable bonds is 8. The lowest BCUT2D eigenvalue weighted by atomic mass is 9.86. The minimum absolute atomic E-state index is 0.0661. The van der Waals surface area contributed by atoms with E-state index < -0.39 is 54.8 Å². The summed E-state index contributed by atoms with van der Waals surface area (Å²) >= 11 is 0. The molecule has 2 atom stereocenters. The maximum Gasteiger partial charge on any atom is 0.527 e. The van der Waals surface area contributed by atoms with Crippen LogP contribution < -0.4 is 0 Å². The third kappa shape index (κ3) is 7.37. The molecule has 1 aliphatic carbocycles. The highest BCUT2D eigenvalue weighted by Gasteiger charge is 2.51. The molecule has 1 saturated carbocycles. The van der Waals surface area contributed by atoms with Crippen LogP contribution >= 0.6 is 0 Å². The molecule has 2 unspecified atom stereocenters. The zero-order chi connectivity index (χ0) is 28.4. The van der Waals surface area contributed by atoms with Crippen molar-refractivity contribution in [3.63, 3.8) is 0 Å². The summed E-state index contributed by atoms with van der Waals surface area (Å²) in [6.45, 7) is 4.36. The highest BCUT2D eigenvalue weighted by Crippen LogP contribution is 2.44. The molecule has 2 fully saturated rings. The fraction of sp³-hybridized carbons (Fsp3) is 0.500. The molecule has 2 aromatic rings. The van der Waals surface area contributed by atoms with E-state index in [0.29, 0.717) is 23.7 Å². The molecule has 39 heavy (non-hydrogen) atoms. The highest BCUT2D eigenvalue weighted by atomic mass is 19.4. The van der Waals surface area contributed by atoms with Crippen molar-refractivity contribution >= 4 is 0 Å². The predicted octanol–water partition coefficient (Wildman–Crippen LogP) is 8.90. The van der Waals surface area contributed by atoms with Crippen LogP contribution in [0.1, 0.15) is 55.8 Å². The number of hydrogen-bond donors (Lipinski definition) is 0. The number of halogens is 8. The van der Waals surface area contributed by atoms with Crippen molar-refractivity contribution in [2.24, 2.45) is 11.8 Å². The summed E-state index contributed by atoms with van der Waals surface area (Å²) in [5, 5.41) is 0. The summed E-state index contributed by atoms with van der Waals surface area (Å²) in [6.07, 6.45) is -13.5. The second-order valence-electron chi connectivity index (χ2n) is 9.93. The van der Waals surface area contributed by atoms with Crippen molar-refractivity contribution < 1.29 is 49.3 Å². The second-order valence-corrected chi connectivity index (χ2v) is 9.93. The smallest absolute Gasteiger partial charge is 0.373 e. The van der Waals surface area contributed by atoms with E-state index in [9.17, 15) is 35.1 Å². The average Bonchev–Trinajstić information content (AvgIpc) is 2.87. The third-order valence-corrected chi connectivity index (χ3v) is 7.26. The van der Waals surface area contributed by atoms with Gasteiger partial charge in [-0.15, -0.1) is 19.8 Å². The average molecular weight is 565 g/mol. The van der Waals surface area contributed by atoms with Gasteiger partial charge in [0.25, 0.3) is 0 Å². The van der Waals surface area contributed by atoms with Crippen molar-refractivity contribution in [2.45, 2.75) is 69.3 Å². The van der Waals surface area contributed by atoms with Crippen LogP contribution in [-0.4, -0.2) is 25.2 Å². The summed E-state index contributed by atoms with van der Waals surface area (Å²) < 4.78 is 122. The Kier molecular flexibility index (Phi) is 8.73. The van der Waals surface area contributed by atoms with Crippen LogP contribution in [0.25, 0.3) is 11.1 Å². The van der Waals surface area contributed by atoms with E-state index >= 15 is 0 Å². The number of hydrogen-bond acceptors (Lipinski definition) is 3. The molecule has 2 aliphatic rings. The molecule has 1 heterocycles. The topological polar surface area (TPSA) is 27.7 Å². The largest absolute Gasteiger partial charge is 0.527 e. The fourth-order valence-electron chi connectivity index (χ4n) is 5.07. The summed E-state index contributed by atoms with van der Waals surface area (Å²) in [5.41, 5.74) is 0.898. The van der Waals surface area contributed by atoms with Gasteiger partial charge in [-0.1, -0.05) is 36.4 Å². The van der Waals surface area contributed by atoms with Crippen LogP contribution in [0.5, 0.6) is 0 Å². The van der Waals surface area contributed by atoms with Gasteiger partial charge in [-0.05, 0) is 67.3 Å². The van der Waals surface area contributed by atoms with Crippen molar-refractivity contribution in [1.29, 1.82) is 0 Å². The summed E-state index contributed by atoms with van der Waals surface area (Å²) in [6, 6.07) is 10.4. The second kappa shape index (κ2) is 11.5. The summed E-state index contributed by atoms with van der Waals surface area (Å²) in [5.74, 6) is -2.70. The Bertz CT molecular complexity index is 1120. The Morgan fingerprint density at radius 2 is 1.46 bits per heavy atom. The first-order valence-electron chi connectivity index (χ1n) is 12.6. The van der Waals surface area contributed by atoms with Gasteiger partial charge in [0, 0.05) is 5.92 Å². The molecule has 0 aromatic heterocycles. The van der Waals surface area contributed by atoms with Gasteiger partial charge in [0.05, 0.1) is 30.3 Å². The van der Waals surface area contributed by atoms with Crippen molar-refractivity contribution in [3.05, 3.63) is 72.1 Å². The van der Waals surface area contributed by atoms with Gasteiger partial charge in [0.1, 0.15) is 5.82 Å². The Balaban J connectivity index is 1.37. The number of benzene rings is 2.